The lowest BCUT2D eigenvalue weighted by Gasteiger charge is -2.37. The van der Waals surface area contributed by atoms with Gasteiger partial charge in [-0.05, 0) is 18.6 Å². The molecular weight excluding hydrogens is 338 g/mol. The third kappa shape index (κ3) is 3.06. The van der Waals surface area contributed by atoms with Gasteiger partial charge in [-0.2, -0.15) is 0 Å². The van der Waals surface area contributed by atoms with Crippen LogP contribution in [0.2, 0.25) is 0 Å². The van der Waals surface area contributed by atoms with Gasteiger partial charge in [-0.1, -0.05) is 18.2 Å². The number of nitrogens with zero attached hydrogens (tertiary/aromatic N) is 3. The van der Waals surface area contributed by atoms with Gasteiger partial charge in [-0.15, -0.1) is 0 Å². The van der Waals surface area contributed by atoms with Gasteiger partial charge in [0, 0.05) is 50.2 Å². The van der Waals surface area contributed by atoms with Crippen LogP contribution in [0.15, 0.2) is 30.3 Å². The van der Waals surface area contributed by atoms with E-state index in [2.05, 4.69) is 4.90 Å². The molecule has 0 saturated carbocycles. The van der Waals surface area contributed by atoms with Crippen molar-refractivity contribution < 1.29 is 13.2 Å². The van der Waals surface area contributed by atoms with E-state index in [0.717, 1.165) is 30.4 Å². The van der Waals surface area contributed by atoms with Crippen molar-refractivity contribution >= 4 is 26.6 Å². The van der Waals surface area contributed by atoms with Gasteiger partial charge < -0.3 is 9.47 Å². The Hall–Kier alpha value is -1.86. The monoisotopic (exact) mass is 361 g/mol. The molecule has 25 heavy (non-hydrogen) atoms. The van der Waals surface area contributed by atoms with Crippen LogP contribution in [0.3, 0.4) is 0 Å². The van der Waals surface area contributed by atoms with Crippen LogP contribution in [0.4, 0.5) is 0 Å². The summed E-state index contributed by atoms with van der Waals surface area (Å²) >= 11 is 0. The van der Waals surface area contributed by atoms with E-state index < -0.39 is 9.84 Å². The van der Waals surface area contributed by atoms with E-state index in [1.54, 1.807) is 0 Å². The Balaban J connectivity index is 1.45. The number of fused-ring (bicyclic) bond motifs is 1. The molecule has 1 atom stereocenters. The molecule has 0 aliphatic carbocycles. The lowest BCUT2D eigenvalue weighted by atomic mass is 10.2. The summed E-state index contributed by atoms with van der Waals surface area (Å²) in [6.07, 6.45) is 0.722. The Morgan fingerprint density at radius 3 is 2.48 bits per heavy atom. The lowest BCUT2D eigenvalue weighted by molar-refractivity contribution is 0.0579. The number of benzene rings is 1. The number of piperazine rings is 1. The van der Waals surface area contributed by atoms with Crippen molar-refractivity contribution in [1.82, 2.24) is 14.4 Å². The van der Waals surface area contributed by atoms with Gasteiger partial charge in [0.1, 0.15) is 5.69 Å². The van der Waals surface area contributed by atoms with Crippen molar-refractivity contribution in [3.05, 3.63) is 36.0 Å². The summed E-state index contributed by atoms with van der Waals surface area (Å²) in [6.45, 7) is 2.79. The second-order valence-electron chi connectivity index (χ2n) is 7.03. The number of hydrogen-bond donors (Lipinski definition) is 0. The molecule has 0 bridgehead atoms. The van der Waals surface area contributed by atoms with Gasteiger partial charge >= 0.3 is 0 Å². The summed E-state index contributed by atoms with van der Waals surface area (Å²) in [5, 5.41) is 1.07. The summed E-state index contributed by atoms with van der Waals surface area (Å²) in [5.74, 6) is 0.620. The largest absolute Gasteiger partial charge is 0.340 e. The number of carbonyl (C=O) groups excluding carboxylic acids is 1. The highest BCUT2D eigenvalue weighted by molar-refractivity contribution is 7.91. The molecule has 1 aromatic carbocycles. The van der Waals surface area contributed by atoms with Gasteiger partial charge in [-0.25, -0.2) is 8.42 Å². The van der Waals surface area contributed by atoms with Crippen molar-refractivity contribution in [2.75, 3.05) is 37.7 Å². The zero-order valence-electron chi connectivity index (χ0n) is 14.4. The molecular formula is C18H23N3O3S. The van der Waals surface area contributed by atoms with Crippen molar-refractivity contribution in [3.63, 3.8) is 0 Å². The minimum Gasteiger partial charge on any atom is -0.340 e. The predicted octanol–water partition coefficient (Wildman–Crippen LogP) is 1.12. The van der Waals surface area contributed by atoms with Crippen LogP contribution in [0.1, 0.15) is 16.9 Å². The fourth-order valence-electron chi connectivity index (χ4n) is 4.01. The quantitative estimate of drug-likeness (QED) is 0.804. The Morgan fingerprint density at radius 1 is 1.12 bits per heavy atom. The van der Waals surface area contributed by atoms with Crippen molar-refractivity contribution in [3.8, 4) is 0 Å². The van der Waals surface area contributed by atoms with Gasteiger partial charge in [0.2, 0.25) is 0 Å². The van der Waals surface area contributed by atoms with Gasteiger partial charge in [0.25, 0.3) is 5.91 Å². The molecule has 2 aliphatic heterocycles. The maximum absolute atomic E-state index is 12.9. The lowest BCUT2D eigenvalue weighted by Crippen LogP contribution is -2.52. The Bertz CT molecular complexity index is 911. The van der Waals surface area contributed by atoms with Gasteiger partial charge in [0.15, 0.2) is 9.84 Å². The van der Waals surface area contributed by atoms with E-state index in [0.29, 0.717) is 24.5 Å². The van der Waals surface area contributed by atoms with Crippen LogP contribution >= 0.6 is 0 Å². The molecule has 1 aromatic heterocycles. The molecule has 7 heteroatoms. The molecule has 0 spiro atoms. The average molecular weight is 361 g/mol. The van der Waals surface area contributed by atoms with E-state index in [1.165, 1.54) is 0 Å². The summed E-state index contributed by atoms with van der Waals surface area (Å²) in [5.41, 5.74) is 1.76. The fraction of sp³-hybridized carbons (Fsp3) is 0.500. The third-order valence-corrected chi connectivity index (χ3v) is 7.25. The summed E-state index contributed by atoms with van der Waals surface area (Å²) in [6, 6.07) is 10.1. The number of para-hydroxylation sites is 1. The molecule has 2 fully saturated rings. The van der Waals surface area contributed by atoms with Crippen LogP contribution in [0, 0.1) is 0 Å². The molecule has 0 radical (unpaired) electrons. The van der Waals surface area contributed by atoms with Crippen molar-refractivity contribution in [2.45, 2.75) is 12.5 Å². The summed E-state index contributed by atoms with van der Waals surface area (Å²) in [4.78, 5) is 17.0. The van der Waals surface area contributed by atoms with Gasteiger partial charge in [0.05, 0.1) is 11.5 Å². The standard InChI is InChI=1S/C18H23N3O3S/c1-19-16-5-3-2-4-14(16)12-17(19)18(22)21-9-7-20(8-10-21)15-6-11-25(23,24)13-15/h2-5,12,15H,6-11,13H2,1H3/t15-/m1/s1. The first-order valence-electron chi connectivity index (χ1n) is 8.73. The smallest absolute Gasteiger partial charge is 0.270 e. The summed E-state index contributed by atoms with van der Waals surface area (Å²) in [7, 11) is -0.938. The van der Waals surface area contributed by atoms with Crippen LogP contribution in [-0.4, -0.2) is 72.4 Å². The highest BCUT2D eigenvalue weighted by atomic mass is 32.2. The number of rotatable bonds is 2. The second-order valence-corrected chi connectivity index (χ2v) is 9.26. The number of carbonyl (C=O) groups is 1. The van der Waals surface area contributed by atoms with E-state index in [-0.39, 0.29) is 17.7 Å². The summed E-state index contributed by atoms with van der Waals surface area (Å²) < 4.78 is 25.3. The van der Waals surface area contributed by atoms with Crippen LogP contribution < -0.4 is 0 Å². The van der Waals surface area contributed by atoms with E-state index in [4.69, 9.17) is 0 Å². The molecule has 2 aromatic rings. The van der Waals surface area contributed by atoms with Crippen molar-refractivity contribution in [2.24, 2.45) is 7.05 Å². The SMILES string of the molecule is Cn1c(C(=O)N2CCN([C@@H]3CCS(=O)(=O)C3)CC2)cc2ccccc21. The molecule has 3 heterocycles. The Labute approximate surface area is 147 Å². The molecule has 6 nitrogen and oxygen atoms in total. The number of hydrogen-bond acceptors (Lipinski definition) is 4. The van der Waals surface area contributed by atoms with E-state index in [1.807, 2.05) is 46.8 Å². The average Bonchev–Trinajstić information content (AvgIpc) is 3.15. The minimum atomic E-state index is -2.86. The fourth-order valence-corrected chi connectivity index (χ4v) is 5.77. The van der Waals surface area contributed by atoms with Crippen LogP contribution in [0.25, 0.3) is 10.9 Å². The highest BCUT2D eigenvalue weighted by Gasteiger charge is 2.34. The third-order valence-electron chi connectivity index (χ3n) is 5.50. The molecule has 134 valence electrons. The molecule has 2 aliphatic rings. The maximum Gasteiger partial charge on any atom is 0.270 e. The zero-order chi connectivity index (χ0) is 17.6. The number of amides is 1. The predicted molar refractivity (Wildman–Crippen MR) is 97.5 cm³/mol. The van der Waals surface area contributed by atoms with Gasteiger partial charge in [-0.3, -0.25) is 9.69 Å². The Kier molecular flexibility index (Phi) is 4.08. The normalized spacial score (nSPS) is 24.0. The first-order chi connectivity index (χ1) is 11.9. The first-order valence-corrected chi connectivity index (χ1v) is 10.5. The van der Waals surface area contributed by atoms with Crippen LogP contribution in [0.5, 0.6) is 0 Å². The van der Waals surface area contributed by atoms with Crippen molar-refractivity contribution in [1.29, 1.82) is 0 Å². The highest BCUT2D eigenvalue weighted by Crippen LogP contribution is 2.22. The number of aryl methyl sites for hydroxylation is 1. The topological polar surface area (TPSA) is 62.6 Å². The first kappa shape index (κ1) is 16.6. The molecule has 1 amide bonds. The van der Waals surface area contributed by atoms with E-state index in [9.17, 15) is 13.2 Å². The molecule has 2 saturated heterocycles. The minimum absolute atomic E-state index is 0.0531. The van der Waals surface area contributed by atoms with E-state index >= 15 is 0 Å². The molecule has 0 unspecified atom stereocenters. The number of aromatic nitrogens is 1. The molecule has 4 rings (SSSR count). The van der Waals surface area contributed by atoms with Crippen LogP contribution in [-0.2, 0) is 16.9 Å². The maximum atomic E-state index is 12.9. The zero-order valence-corrected chi connectivity index (χ0v) is 15.2. The number of sulfone groups is 1. The Morgan fingerprint density at radius 2 is 1.84 bits per heavy atom. The second kappa shape index (κ2) is 6.14. The molecule has 0 N–H and O–H groups in total.